The maximum Gasteiger partial charge on any atom is 0.306 e. The number of alkyl halides is 1. The van der Waals surface area contributed by atoms with E-state index >= 15 is 4.39 Å². The van der Waals surface area contributed by atoms with Gasteiger partial charge in [-0.05, 0) is 34.7 Å². The van der Waals surface area contributed by atoms with Crippen LogP contribution in [0, 0.1) is 0 Å². The second kappa shape index (κ2) is 24.8. The molecular formula is C52H58FNO11. The van der Waals surface area contributed by atoms with Crippen molar-refractivity contribution in [2.24, 2.45) is 0 Å². The van der Waals surface area contributed by atoms with Gasteiger partial charge < -0.3 is 47.9 Å². The van der Waals surface area contributed by atoms with E-state index in [2.05, 4.69) is 5.32 Å². The van der Waals surface area contributed by atoms with Gasteiger partial charge in [0.1, 0.15) is 36.6 Å². The first-order valence-electron chi connectivity index (χ1n) is 22.1. The van der Waals surface area contributed by atoms with Gasteiger partial charge in [0, 0.05) is 13.5 Å². The number of carbonyl (C=O) groups excluding carboxylic acids is 2. The highest BCUT2D eigenvalue weighted by atomic mass is 19.1. The molecule has 13 heteroatoms. The van der Waals surface area contributed by atoms with Gasteiger partial charge in [0.05, 0.1) is 52.2 Å². The number of hydrogen-bond acceptors (Lipinski definition) is 11. The lowest BCUT2D eigenvalue weighted by molar-refractivity contribution is -0.363. The van der Waals surface area contributed by atoms with Crippen molar-refractivity contribution in [3.63, 3.8) is 0 Å². The summed E-state index contributed by atoms with van der Waals surface area (Å²) >= 11 is 0. The van der Waals surface area contributed by atoms with Gasteiger partial charge >= 0.3 is 5.97 Å². The van der Waals surface area contributed by atoms with Crippen LogP contribution >= 0.6 is 0 Å². The number of carbonyl (C=O) groups is 2. The van der Waals surface area contributed by atoms with Crippen LogP contribution in [-0.4, -0.2) is 87.0 Å². The predicted molar refractivity (Wildman–Crippen MR) is 238 cm³/mol. The molecule has 12 nitrogen and oxygen atoms in total. The molecule has 5 unspecified atom stereocenters. The van der Waals surface area contributed by atoms with Crippen LogP contribution in [0.3, 0.4) is 0 Å². The highest BCUT2D eigenvalue weighted by Gasteiger charge is 2.54. The number of halogens is 1. The summed E-state index contributed by atoms with van der Waals surface area (Å²) in [6.07, 6.45) is -11.7. The van der Waals surface area contributed by atoms with Crippen LogP contribution in [0.25, 0.3) is 0 Å². The number of nitrogens with one attached hydrogen (secondary N) is 1. The summed E-state index contributed by atoms with van der Waals surface area (Å²) in [7, 11) is 1.51. The zero-order valence-corrected chi connectivity index (χ0v) is 36.7. The van der Waals surface area contributed by atoms with Gasteiger partial charge in [-0.1, -0.05) is 152 Å². The topological polar surface area (TPSA) is 129 Å². The molecule has 65 heavy (non-hydrogen) atoms. The minimum absolute atomic E-state index is 0.0349. The fourth-order valence-corrected chi connectivity index (χ4v) is 7.78. The Morgan fingerprint density at radius 1 is 0.523 bits per heavy atom. The molecule has 5 aromatic carbocycles. The summed E-state index contributed by atoms with van der Waals surface area (Å²) in [5.74, 6) is -0.917. The standard InChI is InChI=1S/C52H58FNO11/c1-36-45(64-44(56)29-28-43(55)54-2)47(59-32-39-22-12-5-13-23-39)50(61-34-41-26-16-7-17-27-41)52(62-36)65-48-46(58-31-38-20-10-4-11-21-38)42(35-57-30-37-18-8-3-9-19-37)63-51(53)49(48)60-33-40-24-14-6-15-25-40/h3-27,36,42,45-52H,28-35H2,1-2H3,(H,54,55)/t36?,42?,45-,46-,47+,48-,49+,50?,51?,52?/m0/s1. The lowest BCUT2D eigenvalue weighted by Crippen LogP contribution is -2.65. The van der Waals surface area contributed by atoms with Crippen LogP contribution in [0.15, 0.2) is 152 Å². The minimum atomic E-state index is -1.98. The molecule has 10 atom stereocenters. The fourth-order valence-electron chi connectivity index (χ4n) is 7.78. The first kappa shape index (κ1) is 47.6. The van der Waals surface area contributed by atoms with Gasteiger partial charge in [-0.25, -0.2) is 4.39 Å². The zero-order valence-electron chi connectivity index (χ0n) is 36.7. The Morgan fingerprint density at radius 2 is 0.954 bits per heavy atom. The Morgan fingerprint density at radius 3 is 1.43 bits per heavy atom. The Kier molecular flexibility index (Phi) is 18.2. The minimum Gasteiger partial charge on any atom is -0.457 e. The number of esters is 1. The van der Waals surface area contributed by atoms with Crippen molar-refractivity contribution in [1.82, 2.24) is 5.32 Å². The molecule has 0 saturated carbocycles. The summed E-state index contributed by atoms with van der Waals surface area (Å²) in [5, 5.41) is 2.54. The van der Waals surface area contributed by atoms with E-state index in [0.717, 1.165) is 27.8 Å². The van der Waals surface area contributed by atoms with E-state index in [1.807, 2.05) is 152 Å². The van der Waals surface area contributed by atoms with Crippen LogP contribution < -0.4 is 5.32 Å². The molecule has 0 aliphatic carbocycles. The lowest BCUT2D eigenvalue weighted by Gasteiger charge is -2.49. The Bertz CT molecular complexity index is 2140. The molecule has 0 spiro atoms. The van der Waals surface area contributed by atoms with E-state index in [1.165, 1.54) is 7.05 Å². The molecule has 1 N–H and O–H groups in total. The van der Waals surface area contributed by atoms with E-state index in [0.29, 0.717) is 0 Å². The molecule has 2 heterocycles. The van der Waals surface area contributed by atoms with E-state index in [9.17, 15) is 9.59 Å². The van der Waals surface area contributed by atoms with Crippen molar-refractivity contribution in [2.45, 2.75) is 114 Å². The van der Waals surface area contributed by atoms with Gasteiger partial charge in [0.15, 0.2) is 12.4 Å². The summed E-state index contributed by atoms with van der Waals surface area (Å²) in [4.78, 5) is 25.5. The summed E-state index contributed by atoms with van der Waals surface area (Å²) in [6, 6.07) is 47.8. The van der Waals surface area contributed by atoms with Crippen molar-refractivity contribution < 1.29 is 56.6 Å². The number of hydrogen-bond donors (Lipinski definition) is 1. The predicted octanol–water partition coefficient (Wildman–Crippen LogP) is 7.81. The van der Waals surface area contributed by atoms with Gasteiger partial charge in [-0.2, -0.15) is 0 Å². The van der Waals surface area contributed by atoms with Crippen LogP contribution in [-0.2, 0) is 85.3 Å². The van der Waals surface area contributed by atoms with Gasteiger partial charge in [0.2, 0.25) is 12.3 Å². The highest BCUT2D eigenvalue weighted by Crippen LogP contribution is 2.36. The molecule has 7 rings (SSSR count). The van der Waals surface area contributed by atoms with Crippen molar-refractivity contribution in [3.8, 4) is 0 Å². The zero-order chi connectivity index (χ0) is 45.2. The summed E-state index contributed by atoms with van der Waals surface area (Å²) in [5.41, 5.74) is 4.34. The summed E-state index contributed by atoms with van der Waals surface area (Å²) < 4.78 is 75.6. The molecule has 2 saturated heterocycles. The molecule has 0 bridgehead atoms. The number of amides is 1. The smallest absolute Gasteiger partial charge is 0.306 e. The van der Waals surface area contributed by atoms with Crippen molar-refractivity contribution in [3.05, 3.63) is 179 Å². The third kappa shape index (κ3) is 14.1. The van der Waals surface area contributed by atoms with E-state index < -0.39 is 67.4 Å². The van der Waals surface area contributed by atoms with Crippen LogP contribution in [0.2, 0.25) is 0 Å². The number of rotatable bonds is 22. The second-order valence-corrected chi connectivity index (χ2v) is 16.0. The van der Waals surface area contributed by atoms with Crippen LogP contribution in [0.5, 0.6) is 0 Å². The van der Waals surface area contributed by atoms with E-state index in [-0.39, 0.29) is 58.4 Å². The third-order valence-electron chi connectivity index (χ3n) is 11.2. The van der Waals surface area contributed by atoms with Crippen LogP contribution in [0.1, 0.15) is 47.6 Å². The lowest BCUT2D eigenvalue weighted by atomic mass is 9.96. The van der Waals surface area contributed by atoms with Crippen LogP contribution in [0.4, 0.5) is 4.39 Å². The molecule has 2 aliphatic heterocycles. The average Bonchev–Trinajstić information content (AvgIpc) is 3.34. The number of benzene rings is 5. The Balaban J connectivity index is 1.24. The molecule has 0 aromatic heterocycles. The Hall–Kier alpha value is -5.35. The normalized spacial score (nSPS) is 25.4. The van der Waals surface area contributed by atoms with E-state index in [1.54, 1.807) is 6.92 Å². The molecule has 2 fully saturated rings. The Labute approximate surface area is 380 Å². The average molecular weight is 892 g/mol. The maximum atomic E-state index is 16.9. The quantitative estimate of drug-likeness (QED) is 0.0684. The third-order valence-corrected chi connectivity index (χ3v) is 11.2. The SMILES string of the molecule is CNC(=O)CCC(=O)O[C@H]1C(C)OC(O[C@@H]2[C@@H](OCc3ccccc3)C(F)OC(COCc3ccccc3)[C@@H]2OCc2ccccc2)C(OCc2ccccc2)[C@@H]1OCc1ccccc1. The molecule has 0 radical (unpaired) electrons. The molecule has 5 aromatic rings. The van der Waals surface area contributed by atoms with Gasteiger partial charge in [-0.3, -0.25) is 9.59 Å². The maximum absolute atomic E-state index is 16.9. The molecular weight excluding hydrogens is 834 g/mol. The van der Waals surface area contributed by atoms with Crippen molar-refractivity contribution in [1.29, 1.82) is 0 Å². The fraction of sp³-hybridized carbons (Fsp3) is 0.385. The highest BCUT2D eigenvalue weighted by molar-refractivity contribution is 5.81. The van der Waals surface area contributed by atoms with Gasteiger partial charge in [-0.15, -0.1) is 0 Å². The first-order chi connectivity index (χ1) is 31.8. The molecule has 1 amide bonds. The second-order valence-electron chi connectivity index (χ2n) is 16.0. The monoisotopic (exact) mass is 891 g/mol. The van der Waals surface area contributed by atoms with Gasteiger partial charge in [0.25, 0.3) is 0 Å². The molecule has 2 aliphatic rings. The van der Waals surface area contributed by atoms with E-state index in [4.69, 9.17) is 42.6 Å². The number of ether oxygens (including phenoxy) is 9. The van der Waals surface area contributed by atoms with Crippen molar-refractivity contribution >= 4 is 11.9 Å². The first-order valence-corrected chi connectivity index (χ1v) is 22.1. The summed E-state index contributed by atoms with van der Waals surface area (Å²) in [6.45, 7) is 2.37. The van der Waals surface area contributed by atoms with Crippen molar-refractivity contribution in [2.75, 3.05) is 13.7 Å². The largest absolute Gasteiger partial charge is 0.457 e. The molecule has 344 valence electrons.